The van der Waals surface area contributed by atoms with Crippen molar-refractivity contribution in [2.45, 2.75) is 26.4 Å². The number of aromatic nitrogens is 4. The normalized spacial score (nSPS) is 10.6. The van der Waals surface area contributed by atoms with Crippen molar-refractivity contribution in [3.63, 3.8) is 0 Å². The standard InChI is InChI=1S/C12H17N5S/c1-3-8-17-11(14-15-12(17)18)16(2)9-10-4-6-13-7-5-10/h4-7H,3,8-9H2,1-2H3,(H,15,18). The molecule has 6 heteroatoms. The van der Waals surface area contributed by atoms with Crippen molar-refractivity contribution in [3.8, 4) is 0 Å². The monoisotopic (exact) mass is 263 g/mol. The van der Waals surface area contributed by atoms with Crippen LogP contribution in [0.15, 0.2) is 24.5 Å². The second-order valence-corrected chi connectivity index (χ2v) is 4.58. The molecule has 0 saturated carbocycles. The van der Waals surface area contributed by atoms with Crippen LogP contribution in [0.4, 0.5) is 5.95 Å². The highest BCUT2D eigenvalue weighted by atomic mass is 32.1. The zero-order chi connectivity index (χ0) is 13.0. The van der Waals surface area contributed by atoms with Gasteiger partial charge in [0, 0.05) is 32.5 Å². The maximum absolute atomic E-state index is 5.23. The van der Waals surface area contributed by atoms with Gasteiger partial charge in [-0.05, 0) is 36.3 Å². The molecule has 2 rings (SSSR count). The van der Waals surface area contributed by atoms with Crippen molar-refractivity contribution in [3.05, 3.63) is 34.9 Å². The van der Waals surface area contributed by atoms with Gasteiger partial charge in [0.1, 0.15) is 0 Å². The lowest BCUT2D eigenvalue weighted by Crippen LogP contribution is -2.21. The van der Waals surface area contributed by atoms with Crippen LogP contribution in [0.5, 0.6) is 0 Å². The van der Waals surface area contributed by atoms with Gasteiger partial charge in [0.15, 0.2) is 4.77 Å². The van der Waals surface area contributed by atoms with Gasteiger partial charge >= 0.3 is 0 Å². The maximum Gasteiger partial charge on any atom is 0.225 e. The third kappa shape index (κ3) is 2.76. The molecule has 0 fully saturated rings. The van der Waals surface area contributed by atoms with Gasteiger partial charge in [-0.1, -0.05) is 6.92 Å². The number of hydrogen-bond donors (Lipinski definition) is 1. The Balaban J connectivity index is 2.19. The molecule has 18 heavy (non-hydrogen) atoms. The minimum atomic E-state index is 0.674. The van der Waals surface area contributed by atoms with Crippen molar-refractivity contribution in [2.75, 3.05) is 11.9 Å². The van der Waals surface area contributed by atoms with E-state index in [-0.39, 0.29) is 0 Å². The molecule has 0 aromatic carbocycles. The van der Waals surface area contributed by atoms with Crippen molar-refractivity contribution in [2.24, 2.45) is 0 Å². The van der Waals surface area contributed by atoms with Crippen molar-refractivity contribution in [1.29, 1.82) is 0 Å². The van der Waals surface area contributed by atoms with E-state index in [1.54, 1.807) is 12.4 Å². The summed E-state index contributed by atoms with van der Waals surface area (Å²) in [7, 11) is 2.01. The first kappa shape index (κ1) is 12.8. The first-order chi connectivity index (χ1) is 8.72. The predicted molar refractivity (Wildman–Crippen MR) is 74.0 cm³/mol. The number of anilines is 1. The molecule has 0 aliphatic carbocycles. The van der Waals surface area contributed by atoms with Gasteiger partial charge in [0.05, 0.1) is 0 Å². The van der Waals surface area contributed by atoms with E-state index >= 15 is 0 Å². The minimum absolute atomic E-state index is 0.674. The molecular weight excluding hydrogens is 246 g/mol. The number of hydrogen-bond acceptors (Lipinski definition) is 4. The van der Waals surface area contributed by atoms with Crippen LogP contribution in [0.2, 0.25) is 0 Å². The molecule has 0 radical (unpaired) electrons. The Labute approximate surface area is 111 Å². The predicted octanol–water partition coefficient (Wildman–Crippen LogP) is 2.38. The third-order valence-corrected chi connectivity index (χ3v) is 3.01. The van der Waals surface area contributed by atoms with Crippen LogP contribution in [0.25, 0.3) is 0 Å². The van der Waals surface area contributed by atoms with E-state index in [0.29, 0.717) is 4.77 Å². The van der Waals surface area contributed by atoms with Gasteiger partial charge in [-0.15, -0.1) is 5.10 Å². The van der Waals surface area contributed by atoms with E-state index in [2.05, 4.69) is 27.0 Å². The highest BCUT2D eigenvalue weighted by molar-refractivity contribution is 7.71. The van der Waals surface area contributed by atoms with E-state index in [9.17, 15) is 0 Å². The summed E-state index contributed by atoms with van der Waals surface area (Å²) < 4.78 is 2.70. The molecule has 0 aliphatic rings. The SMILES string of the molecule is CCCn1c(N(C)Cc2ccncc2)n[nH]c1=S. The van der Waals surface area contributed by atoms with Crippen LogP contribution < -0.4 is 4.90 Å². The molecule has 0 amide bonds. The van der Waals surface area contributed by atoms with Gasteiger partial charge < -0.3 is 4.90 Å². The Morgan fingerprint density at radius 3 is 2.78 bits per heavy atom. The summed E-state index contributed by atoms with van der Waals surface area (Å²) in [6, 6.07) is 4.00. The fourth-order valence-electron chi connectivity index (χ4n) is 1.86. The average Bonchev–Trinajstić information content (AvgIpc) is 2.73. The fraction of sp³-hybridized carbons (Fsp3) is 0.417. The Bertz CT molecular complexity index is 545. The first-order valence-corrected chi connectivity index (χ1v) is 6.38. The van der Waals surface area contributed by atoms with Crippen LogP contribution in [-0.2, 0) is 13.1 Å². The lowest BCUT2D eigenvalue weighted by molar-refractivity contribution is 0.654. The topological polar surface area (TPSA) is 49.7 Å². The number of H-pyrrole nitrogens is 1. The van der Waals surface area contributed by atoms with E-state index < -0.39 is 0 Å². The van der Waals surface area contributed by atoms with Crippen LogP contribution in [0.1, 0.15) is 18.9 Å². The highest BCUT2D eigenvalue weighted by Gasteiger charge is 2.10. The van der Waals surface area contributed by atoms with Gasteiger partial charge in [-0.25, -0.2) is 5.10 Å². The van der Waals surface area contributed by atoms with Crippen LogP contribution >= 0.6 is 12.2 Å². The summed E-state index contributed by atoms with van der Waals surface area (Å²) in [5.74, 6) is 0.874. The summed E-state index contributed by atoms with van der Waals surface area (Å²) in [6.07, 6.45) is 4.63. The molecular formula is C12H17N5S. The molecule has 0 atom stereocenters. The van der Waals surface area contributed by atoms with Crippen molar-refractivity contribution < 1.29 is 0 Å². The summed E-state index contributed by atoms with van der Waals surface area (Å²) >= 11 is 5.23. The van der Waals surface area contributed by atoms with Crippen LogP contribution in [-0.4, -0.2) is 26.8 Å². The Kier molecular flexibility index (Phi) is 4.09. The first-order valence-electron chi connectivity index (χ1n) is 5.97. The molecule has 0 spiro atoms. The zero-order valence-electron chi connectivity index (χ0n) is 10.6. The van der Waals surface area contributed by atoms with E-state index in [1.165, 1.54) is 5.56 Å². The summed E-state index contributed by atoms with van der Waals surface area (Å²) in [5.41, 5.74) is 1.20. The lowest BCUT2D eigenvalue weighted by Gasteiger charge is -2.18. The quantitative estimate of drug-likeness (QED) is 0.841. The number of aromatic amines is 1. The largest absolute Gasteiger partial charge is 0.340 e. The lowest BCUT2D eigenvalue weighted by atomic mass is 10.2. The summed E-state index contributed by atoms with van der Waals surface area (Å²) in [5, 5.41) is 7.14. The summed E-state index contributed by atoms with van der Waals surface area (Å²) in [6.45, 7) is 3.79. The van der Waals surface area contributed by atoms with Gasteiger partial charge in [-0.3, -0.25) is 9.55 Å². The molecule has 2 aromatic rings. The number of nitrogens with one attached hydrogen (secondary N) is 1. The molecule has 0 saturated heterocycles. The van der Waals surface area contributed by atoms with E-state index in [1.807, 2.05) is 23.7 Å². The fourth-order valence-corrected chi connectivity index (χ4v) is 2.08. The van der Waals surface area contributed by atoms with E-state index in [4.69, 9.17) is 12.2 Å². The number of rotatable bonds is 5. The Hall–Kier alpha value is -1.69. The van der Waals surface area contributed by atoms with Gasteiger partial charge in [0.2, 0.25) is 5.95 Å². The highest BCUT2D eigenvalue weighted by Crippen LogP contribution is 2.13. The van der Waals surface area contributed by atoms with Gasteiger partial charge in [-0.2, -0.15) is 0 Å². The zero-order valence-corrected chi connectivity index (χ0v) is 11.4. The number of pyridine rings is 1. The Morgan fingerprint density at radius 2 is 2.11 bits per heavy atom. The molecule has 1 N–H and O–H groups in total. The smallest absolute Gasteiger partial charge is 0.225 e. The molecule has 2 heterocycles. The summed E-state index contributed by atoms with van der Waals surface area (Å²) in [4.78, 5) is 6.09. The number of nitrogens with zero attached hydrogens (tertiary/aromatic N) is 4. The van der Waals surface area contributed by atoms with Gasteiger partial charge in [0.25, 0.3) is 0 Å². The molecule has 0 bridgehead atoms. The molecule has 2 aromatic heterocycles. The van der Waals surface area contributed by atoms with Crippen molar-refractivity contribution in [1.82, 2.24) is 19.7 Å². The molecule has 96 valence electrons. The molecule has 5 nitrogen and oxygen atoms in total. The van der Waals surface area contributed by atoms with Crippen LogP contribution in [0, 0.1) is 4.77 Å². The maximum atomic E-state index is 5.23. The second-order valence-electron chi connectivity index (χ2n) is 4.19. The van der Waals surface area contributed by atoms with Crippen molar-refractivity contribution >= 4 is 18.2 Å². The second kappa shape index (κ2) is 5.77. The van der Waals surface area contributed by atoms with Crippen LogP contribution in [0.3, 0.4) is 0 Å². The Morgan fingerprint density at radius 1 is 1.39 bits per heavy atom. The third-order valence-electron chi connectivity index (χ3n) is 2.70. The molecule has 0 aliphatic heterocycles. The molecule has 0 unspecified atom stereocenters. The average molecular weight is 263 g/mol. The minimum Gasteiger partial charge on any atom is -0.340 e. The van der Waals surface area contributed by atoms with E-state index in [0.717, 1.165) is 25.5 Å².